The van der Waals surface area contributed by atoms with Gasteiger partial charge < -0.3 is 4.42 Å². The van der Waals surface area contributed by atoms with Crippen molar-refractivity contribution < 1.29 is 25.6 Å². The van der Waals surface area contributed by atoms with Crippen LogP contribution in [0.15, 0.2) is 33.6 Å². The number of hydrogen-bond acceptors (Lipinski definition) is 8. The van der Waals surface area contributed by atoms with Crippen molar-refractivity contribution in [2.24, 2.45) is 0 Å². The van der Waals surface area contributed by atoms with Crippen LogP contribution in [0.5, 0.6) is 0 Å². The van der Waals surface area contributed by atoms with E-state index in [0.717, 1.165) is 6.07 Å². The minimum absolute atomic E-state index is 0.00880. The van der Waals surface area contributed by atoms with E-state index in [9.17, 15) is 21.2 Å². The number of nitrogens with zero attached hydrogens (tertiary/aromatic N) is 4. The minimum atomic E-state index is -3.90. The lowest BCUT2D eigenvalue weighted by Crippen LogP contribution is -2.49. The van der Waals surface area contributed by atoms with Crippen molar-refractivity contribution in [1.82, 2.24) is 19.0 Å². The largest absolute Gasteiger partial charge is 0.414 e. The Labute approximate surface area is 179 Å². The maximum absolute atomic E-state index is 13.9. The molecule has 2 saturated heterocycles. The second kappa shape index (κ2) is 8.11. The number of benzene rings is 1. The molecule has 0 bridgehead atoms. The molecule has 0 radical (unpaired) electrons. The smallest absolute Gasteiger partial charge is 0.288 e. The highest BCUT2D eigenvalue weighted by molar-refractivity contribution is 7.91. The van der Waals surface area contributed by atoms with Crippen molar-refractivity contribution in [2.45, 2.75) is 23.9 Å². The van der Waals surface area contributed by atoms with Crippen LogP contribution in [0.4, 0.5) is 4.39 Å². The monoisotopic (exact) mass is 476 g/mol. The van der Waals surface area contributed by atoms with E-state index in [1.165, 1.54) is 27.2 Å². The molecular formula is C17H21FN4O5S3. The summed E-state index contributed by atoms with van der Waals surface area (Å²) in [5.74, 6) is -0.613. The Hall–Kier alpha value is -1.67. The standard InChI is InChI=1S/C17H21FN4O5S3/c18-14-3-1-2-4-15(14)30(25,26)21-8-6-20(7-9-21)12-22-17(28)27-16(19-22)13-5-10-29(23,24)11-13/h1-4,13H,5-12H2/t13-/m0/s1. The SMILES string of the molecule is O=S1(=O)CC[C@H](c2nn(CN3CCN(S(=O)(=O)c4ccccc4F)CC3)c(=S)o2)C1. The van der Waals surface area contributed by atoms with Crippen molar-refractivity contribution in [1.29, 1.82) is 0 Å². The Bertz CT molecular complexity index is 1200. The summed E-state index contributed by atoms with van der Waals surface area (Å²) in [5, 5.41) is 4.34. The fraction of sp³-hybridized carbons (Fsp3) is 0.529. The number of aromatic nitrogens is 2. The molecule has 1 aromatic heterocycles. The predicted octanol–water partition coefficient (Wildman–Crippen LogP) is 1.21. The first-order valence-electron chi connectivity index (χ1n) is 9.41. The van der Waals surface area contributed by atoms with Crippen LogP contribution >= 0.6 is 12.2 Å². The molecule has 13 heteroatoms. The topological polar surface area (TPSA) is 106 Å². The summed E-state index contributed by atoms with van der Waals surface area (Å²) in [6, 6.07) is 5.33. The summed E-state index contributed by atoms with van der Waals surface area (Å²) in [6.45, 7) is 1.53. The zero-order chi connectivity index (χ0) is 21.5. The van der Waals surface area contributed by atoms with E-state index in [-0.39, 0.29) is 40.2 Å². The van der Waals surface area contributed by atoms with Crippen molar-refractivity contribution >= 4 is 32.1 Å². The van der Waals surface area contributed by atoms with Gasteiger partial charge in [0.05, 0.1) is 24.1 Å². The molecule has 30 heavy (non-hydrogen) atoms. The molecule has 2 aromatic rings. The first-order valence-corrected chi connectivity index (χ1v) is 13.1. The van der Waals surface area contributed by atoms with E-state index in [1.807, 2.05) is 4.90 Å². The van der Waals surface area contributed by atoms with Gasteiger partial charge in [-0.3, -0.25) is 4.90 Å². The number of piperazine rings is 1. The fourth-order valence-corrected chi connectivity index (χ4v) is 7.06. The zero-order valence-corrected chi connectivity index (χ0v) is 18.4. The lowest BCUT2D eigenvalue weighted by molar-refractivity contribution is 0.143. The highest BCUT2D eigenvalue weighted by atomic mass is 32.2. The third-order valence-corrected chi connectivity index (χ3v) is 9.32. The summed E-state index contributed by atoms with van der Waals surface area (Å²) in [5.41, 5.74) is 0. The molecule has 1 aromatic carbocycles. The summed E-state index contributed by atoms with van der Waals surface area (Å²) in [6.07, 6.45) is 0.462. The van der Waals surface area contributed by atoms with E-state index in [4.69, 9.17) is 16.6 Å². The van der Waals surface area contributed by atoms with Gasteiger partial charge in [-0.25, -0.2) is 25.9 Å². The van der Waals surface area contributed by atoms with Gasteiger partial charge >= 0.3 is 0 Å². The van der Waals surface area contributed by atoms with Crippen LogP contribution < -0.4 is 0 Å². The van der Waals surface area contributed by atoms with Crippen LogP contribution in [0, 0.1) is 10.7 Å². The molecule has 0 spiro atoms. The molecule has 0 amide bonds. The maximum Gasteiger partial charge on any atom is 0.288 e. The molecule has 0 saturated carbocycles. The normalized spacial score (nSPS) is 23.0. The van der Waals surface area contributed by atoms with Gasteiger partial charge in [0, 0.05) is 26.2 Å². The molecular weight excluding hydrogens is 455 g/mol. The van der Waals surface area contributed by atoms with E-state index in [2.05, 4.69) is 5.10 Å². The highest BCUT2D eigenvalue weighted by Gasteiger charge is 2.33. The fourth-order valence-electron chi connectivity index (χ4n) is 3.66. The van der Waals surface area contributed by atoms with Crippen molar-refractivity contribution in [2.75, 3.05) is 37.7 Å². The van der Waals surface area contributed by atoms with Gasteiger partial charge in [-0.05, 0) is 30.8 Å². The van der Waals surface area contributed by atoms with Crippen LogP contribution in [0.1, 0.15) is 18.2 Å². The van der Waals surface area contributed by atoms with Crippen LogP contribution in [0.2, 0.25) is 0 Å². The number of halogens is 1. The molecule has 1 atom stereocenters. The molecule has 2 aliphatic heterocycles. The minimum Gasteiger partial charge on any atom is -0.414 e. The number of hydrogen-bond donors (Lipinski definition) is 0. The first kappa shape index (κ1) is 21.6. The Morgan fingerprint density at radius 3 is 2.53 bits per heavy atom. The van der Waals surface area contributed by atoms with E-state index >= 15 is 0 Å². The summed E-state index contributed by atoms with van der Waals surface area (Å²) < 4.78 is 70.9. The molecule has 0 unspecified atom stereocenters. The number of rotatable bonds is 5. The number of sulfone groups is 1. The van der Waals surface area contributed by atoms with Gasteiger partial charge in [0.25, 0.3) is 4.84 Å². The third kappa shape index (κ3) is 4.35. The quantitative estimate of drug-likeness (QED) is 0.593. The van der Waals surface area contributed by atoms with Crippen LogP contribution in [0.25, 0.3) is 0 Å². The van der Waals surface area contributed by atoms with Crippen LogP contribution in [0.3, 0.4) is 0 Å². The van der Waals surface area contributed by atoms with Crippen molar-refractivity contribution in [3.05, 3.63) is 40.8 Å². The van der Waals surface area contributed by atoms with Crippen molar-refractivity contribution in [3.63, 3.8) is 0 Å². The Morgan fingerprint density at radius 2 is 1.90 bits per heavy atom. The zero-order valence-electron chi connectivity index (χ0n) is 16.0. The maximum atomic E-state index is 13.9. The Balaban J connectivity index is 1.40. The lowest BCUT2D eigenvalue weighted by Gasteiger charge is -2.33. The van der Waals surface area contributed by atoms with Gasteiger partial charge in [-0.15, -0.1) is 5.10 Å². The Morgan fingerprint density at radius 1 is 1.20 bits per heavy atom. The predicted molar refractivity (Wildman–Crippen MR) is 108 cm³/mol. The molecule has 2 aliphatic rings. The van der Waals surface area contributed by atoms with E-state index in [1.54, 1.807) is 0 Å². The van der Waals surface area contributed by atoms with E-state index in [0.29, 0.717) is 32.1 Å². The van der Waals surface area contributed by atoms with Crippen molar-refractivity contribution in [3.8, 4) is 0 Å². The summed E-state index contributed by atoms with van der Waals surface area (Å²) >= 11 is 5.20. The van der Waals surface area contributed by atoms with E-state index < -0.39 is 25.7 Å². The second-order valence-electron chi connectivity index (χ2n) is 7.40. The average Bonchev–Trinajstić information content (AvgIpc) is 3.24. The average molecular weight is 477 g/mol. The van der Waals surface area contributed by atoms with Crippen LogP contribution in [-0.4, -0.2) is 73.5 Å². The molecule has 164 valence electrons. The second-order valence-corrected chi connectivity index (χ2v) is 11.9. The molecule has 0 aliphatic carbocycles. The highest BCUT2D eigenvalue weighted by Crippen LogP contribution is 2.28. The molecule has 2 fully saturated rings. The number of sulfonamides is 1. The van der Waals surface area contributed by atoms with Gasteiger partial charge in [-0.1, -0.05) is 12.1 Å². The Kier molecular flexibility index (Phi) is 5.83. The van der Waals surface area contributed by atoms with Gasteiger partial charge in [0.1, 0.15) is 10.7 Å². The van der Waals surface area contributed by atoms with Gasteiger partial charge in [0.2, 0.25) is 15.9 Å². The third-order valence-electron chi connectivity index (χ3n) is 5.32. The molecule has 4 rings (SSSR count). The van der Waals surface area contributed by atoms with Gasteiger partial charge in [-0.2, -0.15) is 4.31 Å². The summed E-state index contributed by atoms with van der Waals surface area (Å²) in [4.78, 5) is 1.78. The molecule has 3 heterocycles. The molecule has 9 nitrogen and oxygen atoms in total. The summed E-state index contributed by atoms with van der Waals surface area (Å²) in [7, 11) is -6.97. The molecule has 0 N–H and O–H groups in total. The lowest BCUT2D eigenvalue weighted by atomic mass is 10.1. The van der Waals surface area contributed by atoms with Crippen LogP contribution in [-0.2, 0) is 26.5 Å². The van der Waals surface area contributed by atoms with Gasteiger partial charge in [0.15, 0.2) is 9.84 Å². The first-order chi connectivity index (χ1) is 14.2.